The van der Waals surface area contributed by atoms with Gasteiger partial charge in [-0.25, -0.2) is 9.79 Å². The van der Waals surface area contributed by atoms with Gasteiger partial charge in [0.2, 0.25) is 11.8 Å². The van der Waals surface area contributed by atoms with Crippen molar-refractivity contribution in [2.24, 2.45) is 4.99 Å². The quantitative estimate of drug-likeness (QED) is 0.301. The van der Waals surface area contributed by atoms with Crippen molar-refractivity contribution in [1.29, 1.82) is 0 Å². The van der Waals surface area contributed by atoms with Gasteiger partial charge in [-0.05, 0) is 35.6 Å². The van der Waals surface area contributed by atoms with Crippen LogP contribution in [0.5, 0.6) is 5.88 Å². The van der Waals surface area contributed by atoms with Crippen LogP contribution in [0.15, 0.2) is 70.6 Å². The van der Waals surface area contributed by atoms with Gasteiger partial charge in [-0.3, -0.25) is 4.98 Å². The van der Waals surface area contributed by atoms with Gasteiger partial charge in [0.05, 0.1) is 12.2 Å². The van der Waals surface area contributed by atoms with Gasteiger partial charge in [0.1, 0.15) is 5.69 Å². The molecule has 5 aromatic rings. The fraction of sp³-hybridized carbons (Fsp3) is 0.160. The maximum atomic E-state index is 11.5. The van der Waals surface area contributed by atoms with Crippen LogP contribution in [0.3, 0.4) is 0 Å². The Kier molecular flexibility index (Phi) is 5.10. The SMILES string of the molecule is O=c1[nH]c(O)c(/C=c2\cnn3c(=NC4CC4)nc(NCc4ccccc4-c4ccccc4)nc23)[nH]1. The number of aromatic hydroxyl groups is 1. The van der Waals surface area contributed by atoms with Gasteiger partial charge in [0, 0.05) is 11.8 Å². The third-order valence-corrected chi connectivity index (χ3v) is 5.80. The van der Waals surface area contributed by atoms with Gasteiger partial charge in [0.15, 0.2) is 5.65 Å². The number of hydrogen-bond acceptors (Lipinski definition) is 7. The van der Waals surface area contributed by atoms with Crippen molar-refractivity contribution in [3.05, 3.63) is 93.4 Å². The Labute approximate surface area is 198 Å². The fourth-order valence-electron chi connectivity index (χ4n) is 3.91. The van der Waals surface area contributed by atoms with E-state index < -0.39 is 5.69 Å². The zero-order valence-corrected chi connectivity index (χ0v) is 18.6. The highest BCUT2D eigenvalue weighted by Gasteiger charge is 2.21. The van der Waals surface area contributed by atoms with Crippen molar-refractivity contribution in [1.82, 2.24) is 29.5 Å². The number of anilines is 1. The summed E-state index contributed by atoms with van der Waals surface area (Å²) in [7, 11) is 0. The lowest BCUT2D eigenvalue weighted by molar-refractivity contribution is 0.454. The normalized spacial score (nSPS) is 14.6. The standard InChI is InChI=1S/C25H22N8O2/c34-22-20(29-25(35)31-22)12-17-14-27-33-21(17)30-23(32-24(33)28-18-10-11-18)26-13-16-8-4-5-9-19(16)15-6-2-1-3-7-15/h1-9,12,14,18,34H,10-11,13H2,(H,26,28,32)(H2,29,31,35)/b17-12+. The first-order valence-corrected chi connectivity index (χ1v) is 11.3. The maximum Gasteiger partial charge on any atom is 0.326 e. The van der Waals surface area contributed by atoms with Crippen LogP contribution < -0.4 is 21.8 Å². The Balaban J connectivity index is 1.40. The molecule has 3 heterocycles. The van der Waals surface area contributed by atoms with Crippen LogP contribution in [0.25, 0.3) is 22.9 Å². The van der Waals surface area contributed by atoms with Gasteiger partial charge in [0.25, 0.3) is 5.62 Å². The van der Waals surface area contributed by atoms with Gasteiger partial charge < -0.3 is 15.4 Å². The topological polar surface area (TPSA) is 136 Å². The highest BCUT2D eigenvalue weighted by molar-refractivity contribution is 5.67. The first-order valence-electron chi connectivity index (χ1n) is 11.3. The van der Waals surface area contributed by atoms with Crippen molar-refractivity contribution in [2.75, 3.05) is 5.32 Å². The molecule has 0 aliphatic heterocycles. The van der Waals surface area contributed by atoms with Crippen LogP contribution >= 0.6 is 0 Å². The zero-order chi connectivity index (χ0) is 23.8. The van der Waals surface area contributed by atoms with Crippen molar-refractivity contribution in [3.63, 3.8) is 0 Å². The first kappa shape index (κ1) is 20.8. The summed E-state index contributed by atoms with van der Waals surface area (Å²) in [6.07, 6.45) is 5.27. The smallest absolute Gasteiger partial charge is 0.326 e. The summed E-state index contributed by atoms with van der Waals surface area (Å²) in [5, 5.41) is 18.3. The molecule has 10 nitrogen and oxygen atoms in total. The number of nitrogens with zero attached hydrogens (tertiary/aromatic N) is 5. The second kappa shape index (κ2) is 8.56. The molecule has 6 rings (SSSR count). The van der Waals surface area contributed by atoms with E-state index in [1.165, 1.54) is 0 Å². The minimum atomic E-state index is -0.497. The predicted molar refractivity (Wildman–Crippen MR) is 130 cm³/mol. The van der Waals surface area contributed by atoms with Crippen LogP contribution in [0.2, 0.25) is 0 Å². The van der Waals surface area contributed by atoms with Gasteiger partial charge in [-0.2, -0.15) is 19.6 Å². The van der Waals surface area contributed by atoms with Crippen LogP contribution in [-0.4, -0.2) is 40.7 Å². The summed E-state index contributed by atoms with van der Waals surface area (Å²) >= 11 is 0. The Bertz CT molecular complexity index is 1700. The molecule has 2 aromatic carbocycles. The molecule has 0 saturated heterocycles. The third-order valence-electron chi connectivity index (χ3n) is 5.80. The summed E-state index contributed by atoms with van der Waals surface area (Å²) in [6, 6.07) is 18.7. The lowest BCUT2D eigenvalue weighted by Crippen LogP contribution is -2.24. The minimum Gasteiger partial charge on any atom is -0.493 e. The molecule has 1 fully saturated rings. The summed E-state index contributed by atoms with van der Waals surface area (Å²) < 4.78 is 1.58. The second-order valence-corrected chi connectivity index (χ2v) is 8.41. The molecule has 0 amide bonds. The van der Waals surface area contributed by atoms with E-state index >= 15 is 0 Å². The van der Waals surface area contributed by atoms with Gasteiger partial charge >= 0.3 is 5.69 Å². The van der Waals surface area contributed by atoms with E-state index in [0.29, 0.717) is 29.0 Å². The lowest BCUT2D eigenvalue weighted by Gasteiger charge is -2.11. The Morgan fingerprint density at radius 1 is 1.09 bits per heavy atom. The maximum absolute atomic E-state index is 11.5. The molecule has 3 aromatic heterocycles. The lowest BCUT2D eigenvalue weighted by atomic mass is 10.00. The highest BCUT2D eigenvalue weighted by atomic mass is 16.3. The number of aromatic nitrogens is 6. The Hall–Kier alpha value is -4.73. The largest absolute Gasteiger partial charge is 0.493 e. The molecule has 0 bridgehead atoms. The zero-order valence-electron chi connectivity index (χ0n) is 18.6. The summed E-state index contributed by atoms with van der Waals surface area (Å²) in [4.78, 5) is 30.4. The number of nitrogens with one attached hydrogen (secondary N) is 3. The van der Waals surface area contributed by atoms with Gasteiger partial charge in [-0.15, -0.1) is 0 Å². The average Bonchev–Trinajstić information content (AvgIpc) is 3.51. The van der Waals surface area contributed by atoms with Gasteiger partial charge in [-0.1, -0.05) is 54.6 Å². The predicted octanol–water partition coefficient (Wildman–Crippen LogP) is 1.74. The van der Waals surface area contributed by atoms with Crippen molar-refractivity contribution in [2.45, 2.75) is 25.4 Å². The molecular formula is C25H22N8O2. The number of rotatable bonds is 6. The molecule has 0 radical (unpaired) electrons. The number of benzene rings is 2. The van der Waals surface area contributed by atoms with E-state index in [-0.39, 0.29) is 17.6 Å². The number of hydrogen-bond donors (Lipinski definition) is 4. The molecule has 10 heteroatoms. The molecule has 1 aliphatic carbocycles. The van der Waals surface area contributed by atoms with E-state index in [9.17, 15) is 9.90 Å². The van der Waals surface area contributed by atoms with E-state index in [4.69, 9.17) is 4.99 Å². The summed E-state index contributed by atoms with van der Waals surface area (Å²) in [6.45, 7) is 0.517. The van der Waals surface area contributed by atoms with Crippen LogP contribution in [0, 0.1) is 0 Å². The molecule has 4 N–H and O–H groups in total. The monoisotopic (exact) mass is 466 g/mol. The molecule has 174 valence electrons. The molecule has 0 atom stereocenters. The molecule has 0 spiro atoms. The van der Waals surface area contributed by atoms with Crippen LogP contribution in [-0.2, 0) is 6.54 Å². The number of fused-ring (bicyclic) bond motifs is 1. The molecule has 35 heavy (non-hydrogen) atoms. The van der Waals surface area contributed by atoms with E-state index in [2.05, 4.69) is 54.6 Å². The number of H-pyrrole nitrogens is 2. The summed E-state index contributed by atoms with van der Waals surface area (Å²) in [5.74, 6) is 0.170. The number of aromatic amines is 2. The van der Waals surface area contributed by atoms with E-state index in [1.54, 1.807) is 16.8 Å². The first-order chi connectivity index (χ1) is 17.1. The van der Waals surface area contributed by atoms with Crippen LogP contribution in [0.4, 0.5) is 5.95 Å². The fourth-order valence-corrected chi connectivity index (χ4v) is 3.91. The average molecular weight is 467 g/mol. The Morgan fingerprint density at radius 3 is 2.66 bits per heavy atom. The highest BCUT2D eigenvalue weighted by Crippen LogP contribution is 2.24. The number of imidazole rings is 1. The van der Waals surface area contributed by atoms with Crippen LogP contribution in [0.1, 0.15) is 24.1 Å². The van der Waals surface area contributed by atoms with Crippen molar-refractivity contribution >= 4 is 17.7 Å². The van der Waals surface area contributed by atoms with Crippen molar-refractivity contribution < 1.29 is 5.11 Å². The third kappa shape index (κ3) is 4.29. The van der Waals surface area contributed by atoms with Crippen molar-refractivity contribution in [3.8, 4) is 17.0 Å². The molecular weight excluding hydrogens is 444 g/mol. The molecule has 0 unspecified atom stereocenters. The Morgan fingerprint density at radius 2 is 1.89 bits per heavy atom. The molecule has 1 aliphatic rings. The second-order valence-electron chi connectivity index (χ2n) is 8.41. The minimum absolute atomic E-state index is 0.237. The molecule has 1 saturated carbocycles. The van der Waals surface area contributed by atoms with E-state index in [0.717, 1.165) is 29.5 Å². The summed E-state index contributed by atoms with van der Waals surface area (Å²) in [5.41, 5.74) is 4.10. The van der Waals surface area contributed by atoms with E-state index in [1.807, 2.05) is 30.3 Å².